The lowest BCUT2D eigenvalue weighted by Crippen LogP contribution is -2.41. The summed E-state index contributed by atoms with van der Waals surface area (Å²) < 4.78 is 47.0. The number of hydrogen-bond donors (Lipinski definition) is 1. The van der Waals surface area contributed by atoms with Crippen molar-refractivity contribution in [3.05, 3.63) is 11.8 Å². The molecule has 2 unspecified atom stereocenters. The lowest BCUT2D eigenvalue weighted by atomic mass is 9.92. The predicted molar refractivity (Wildman–Crippen MR) is 64.8 cm³/mol. The number of ether oxygens (including phenoxy) is 1. The van der Waals surface area contributed by atoms with E-state index in [-0.39, 0.29) is 0 Å². The van der Waals surface area contributed by atoms with Crippen LogP contribution in [0.4, 0.5) is 13.2 Å². The molecule has 0 aliphatic heterocycles. The average Bonchev–Trinajstić information content (AvgIpc) is 2.28. The van der Waals surface area contributed by atoms with Crippen LogP contribution in [-0.4, -0.2) is 42.4 Å². The zero-order valence-corrected chi connectivity index (χ0v) is 10.5. The average molecular weight is 282 g/mol. The van der Waals surface area contributed by atoms with E-state index in [2.05, 4.69) is 16.1 Å². The fourth-order valence-electron chi connectivity index (χ4n) is 1.29. The minimum Gasteiger partial charge on any atom is -0.471 e. The van der Waals surface area contributed by atoms with Gasteiger partial charge in [0.1, 0.15) is 11.7 Å². The zero-order chi connectivity index (χ0) is 13.8. The van der Waals surface area contributed by atoms with Gasteiger partial charge in [-0.25, -0.2) is 0 Å². The summed E-state index contributed by atoms with van der Waals surface area (Å²) >= 11 is 0.836. The minimum absolute atomic E-state index is 0.501. The molecule has 0 spiro atoms. The maximum atomic E-state index is 12.8. The highest BCUT2D eigenvalue weighted by atomic mass is 32.2. The molecule has 0 heterocycles. The maximum Gasteiger partial charge on any atom is 0.423 e. The van der Waals surface area contributed by atoms with Crippen molar-refractivity contribution in [3.63, 3.8) is 0 Å². The highest BCUT2D eigenvalue weighted by molar-refractivity contribution is 7.97. The van der Waals surface area contributed by atoms with Gasteiger partial charge in [-0.05, 0) is 31.5 Å². The minimum atomic E-state index is -4.63. The second-order valence-corrected chi connectivity index (χ2v) is 4.15. The number of alkyl halides is 3. The Hall–Kier alpha value is -1.02. The molecule has 0 radical (unpaired) electrons. The summed E-state index contributed by atoms with van der Waals surface area (Å²) in [5.41, 5.74) is -1.11. The van der Waals surface area contributed by atoms with Crippen LogP contribution in [-0.2, 0) is 4.74 Å². The van der Waals surface area contributed by atoms with Gasteiger partial charge in [-0.15, -0.1) is 0 Å². The van der Waals surface area contributed by atoms with E-state index in [1.54, 1.807) is 0 Å². The second kappa shape index (κ2) is 6.24. The Labute approximate surface area is 107 Å². The van der Waals surface area contributed by atoms with E-state index in [4.69, 9.17) is 4.74 Å². The van der Waals surface area contributed by atoms with Gasteiger partial charge in [0.15, 0.2) is 0 Å². The normalized spacial score (nSPS) is 25.6. The molecular weight excluding hydrogens is 269 g/mol. The van der Waals surface area contributed by atoms with Crippen LogP contribution in [0.3, 0.4) is 0 Å². The molecule has 18 heavy (non-hydrogen) atoms. The molecule has 0 saturated heterocycles. The fourth-order valence-corrected chi connectivity index (χ4v) is 1.60. The molecule has 1 aliphatic rings. The number of rotatable bonds is 4. The molecule has 4 nitrogen and oxygen atoms in total. The predicted octanol–water partition coefficient (Wildman–Crippen LogP) is 2.35. The molecule has 2 atom stereocenters. The largest absolute Gasteiger partial charge is 0.471 e. The maximum absolute atomic E-state index is 12.8. The molecule has 1 fully saturated rings. The van der Waals surface area contributed by atoms with E-state index in [0.29, 0.717) is 19.0 Å². The van der Waals surface area contributed by atoms with Crippen molar-refractivity contribution in [2.75, 3.05) is 6.26 Å². The van der Waals surface area contributed by atoms with Crippen molar-refractivity contribution >= 4 is 24.6 Å². The SMILES string of the molecule is C=N/C=C(\C(=NSC)OC1CCC1O)C(F)(F)F. The Morgan fingerprint density at radius 2 is 2.17 bits per heavy atom. The van der Waals surface area contributed by atoms with E-state index in [1.165, 1.54) is 6.26 Å². The lowest BCUT2D eigenvalue weighted by molar-refractivity contribution is -0.0922. The van der Waals surface area contributed by atoms with Gasteiger partial charge in [0.05, 0.1) is 6.10 Å². The van der Waals surface area contributed by atoms with E-state index in [0.717, 1.165) is 11.9 Å². The molecule has 1 saturated carbocycles. The van der Waals surface area contributed by atoms with Gasteiger partial charge >= 0.3 is 6.18 Å². The molecule has 8 heteroatoms. The Morgan fingerprint density at radius 1 is 1.50 bits per heavy atom. The third-order valence-electron chi connectivity index (χ3n) is 2.37. The summed E-state index contributed by atoms with van der Waals surface area (Å²) in [6, 6.07) is 0. The van der Waals surface area contributed by atoms with Crippen molar-refractivity contribution in [1.82, 2.24) is 0 Å². The number of aliphatic imine (C=N–C) groups is 1. The molecule has 0 aromatic heterocycles. The standard InChI is InChI=1S/C10H13F3N2O2S/c1-14-5-6(10(11,12)13)9(15-18-2)17-8-4-3-7(8)16/h5,7-8,16H,1,3-4H2,2H3/b6-5+,15-9?. The first-order chi connectivity index (χ1) is 8.40. The third-order valence-corrected chi connectivity index (χ3v) is 2.72. The molecule has 1 rings (SSSR count). The lowest BCUT2D eigenvalue weighted by Gasteiger charge is -2.33. The number of aliphatic hydroxyl groups excluding tert-OH is 1. The molecule has 1 N–H and O–H groups in total. The van der Waals surface area contributed by atoms with Crippen LogP contribution in [0.1, 0.15) is 12.8 Å². The summed E-state index contributed by atoms with van der Waals surface area (Å²) in [5, 5.41) is 9.32. The monoisotopic (exact) mass is 282 g/mol. The molecule has 0 aromatic carbocycles. The highest BCUT2D eigenvalue weighted by Gasteiger charge is 2.41. The smallest absolute Gasteiger partial charge is 0.423 e. The van der Waals surface area contributed by atoms with Crippen molar-refractivity contribution in [1.29, 1.82) is 0 Å². The van der Waals surface area contributed by atoms with Gasteiger partial charge in [-0.1, -0.05) is 0 Å². The van der Waals surface area contributed by atoms with Crippen LogP contribution in [0, 0.1) is 0 Å². The molecular formula is C10H13F3N2O2S. The number of hydrogen-bond acceptors (Lipinski definition) is 5. The van der Waals surface area contributed by atoms with Gasteiger partial charge in [0, 0.05) is 12.5 Å². The number of nitrogens with zero attached hydrogens (tertiary/aromatic N) is 2. The molecule has 0 bridgehead atoms. The van der Waals surface area contributed by atoms with Crippen molar-refractivity contribution in [2.24, 2.45) is 9.39 Å². The van der Waals surface area contributed by atoms with Gasteiger partial charge in [0.2, 0.25) is 5.90 Å². The van der Waals surface area contributed by atoms with E-state index < -0.39 is 29.9 Å². The summed E-state index contributed by atoms with van der Waals surface area (Å²) in [7, 11) is 0. The van der Waals surface area contributed by atoms with Gasteiger partial charge in [0.25, 0.3) is 0 Å². The quantitative estimate of drug-likeness (QED) is 0.489. The third kappa shape index (κ3) is 3.74. The summed E-state index contributed by atoms with van der Waals surface area (Å²) in [6.07, 6.45) is -2.95. The Bertz CT molecular complexity index is 369. The first kappa shape index (κ1) is 15.0. The first-order valence-electron chi connectivity index (χ1n) is 5.09. The Morgan fingerprint density at radius 3 is 2.50 bits per heavy atom. The van der Waals surface area contributed by atoms with E-state index >= 15 is 0 Å². The van der Waals surface area contributed by atoms with Crippen LogP contribution in [0.25, 0.3) is 0 Å². The molecule has 1 aliphatic carbocycles. The van der Waals surface area contributed by atoms with Crippen LogP contribution in [0.5, 0.6) is 0 Å². The molecule has 0 aromatic rings. The van der Waals surface area contributed by atoms with Crippen molar-refractivity contribution in [3.8, 4) is 0 Å². The summed E-state index contributed by atoms with van der Waals surface area (Å²) in [4.78, 5) is 3.11. The molecule has 102 valence electrons. The first-order valence-corrected chi connectivity index (χ1v) is 6.27. The Kier molecular flexibility index (Phi) is 5.21. The topological polar surface area (TPSA) is 54.2 Å². The van der Waals surface area contributed by atoms with Gasteiger partial charge in [-0.3, -0.25) is 4.99 Å². The summed E-state index contributed by atoms with van der Waals surface area (Å²) in [5.74, 6) is -0.578. The second-order valence-electron chi connectivity index (χ2n) is 3.60. The van der Waals surface area contributed by atoms with E-state index in [9.17, 15) is 18.3 Å². The number of aliphatic hydroxyl groups is 1. The van der Waals surface area contributed by atoms with Gasteiger partial charge in [-0.2, -0.15) is 17.6 Å². The fraction of sp³-hybridized carbons (Fsp3) is 0.600. The van der Waals surface area contributed by atoms with Crippen molar-refractivity contribution < 1.29 is 23.0 Å². The van der Waals surface area contributed by atoms with Crippen LogP contribution in [0.2, 0.25) is 0 Å². The van der Waals surface area contributed by atoms with Crippen molar-refractivity contribution in [2.45, 2.75) is 31.2 Å². The van der Waals surface area contributed by atoms with Crippen LogP contribution in [0.15, 0.2) is 21.2 Å². The number of halogens is 3. The van der Waals surface area contributed by atoms with Gasteiger partial charge < -0.3 is 9.84 Å². The zero-order valence-electron chi connectivity index (χ0n) is 9.65. The highest BCUT2D eigenvalue weighted by Crippen LogP contribution is 2.31. The van der Waals surface area contributed by atoms with Crippen LogP contribution >= 0.6 is 11.9 Å². The van der Waals surface area contributed by atoms with E-state index in [1.807, 2.05) is 0 Å². The molecule has 0 amide bonds. The Balaban J connectivity index is 2.91. The summed E-state index contributed by atoms with van der Waals surface area (Å²) in [6.45, 7) is 2.99. The van der Waals surface area contributed by atoms with Crippen LogP contribution < -0.4 is 0 Å².